The van der Waals surface area contributed by atoms with Gasteiger partial charge in [0, 0.05) is 0 Å². The number of imide groups is 1. The summed E-state index contributed by atoms with van der Waals surface area (Å²) < 4.78 is 13.0. The first kappa shape index (κ1) is 15.0. The Morgan fingerprint density at radius 2 is 1.57 bits per heavy atom. The molecule has 0 radical (unpaired) electrons. The number of carbonyl (C=O) groups excluding carboxylic acids is 2. The zero-order chi connectivity index (χ0) is 16.7. The molecule has 1 N–H and O–H groups in total. The van der Waals surface area contributed by atoms with Gasteiger partial charge in [-0.25, -0.2) is 9.29 Å². The molecule has 0 saturated heterocycles. The Morgan fingerprint density at radius 1 is 0.913 bits per heavy atom. The third-order valence-corrected chi connectivity index (χ3v) is 3.94. The summed E-state index contributed by atoms with van der Waals surface area (Å²) in [5, 5.41) is 10.1. The molecule has 116 valence electrons. The van der Waals surface area contributed by atoms with Crippen molar-refractivity contribution in [2.24, 2.45) is 0 Å². The first-order chi connectivity index (χ1) is 10.9. The Bertz CT molecular complexity index is 853. The van der Waals surface area contributed by atoms with Crippen LogP contribution < -0.4 is 4.90 Å². The van der Waals surface area contributed by atoms with Gasteiger partial charge in [-0.05, 0) is 54.8 Å². The van der Waals surface area contributed by atoms with Gasteiger partial charge in [0.1, 0.15) is 5.82 Å². The fraction of sp³-hybridized carbons (Fsp3) is 0.111. The maximum atomic E-state index is 13.0. The molecule has 0 bridgehead atoms. The van der Waals surface area contributed by atoms with E-state index in [1.165, 1.54) is 12.1 Å². The van der Waals surface area contributed by atoms with Gasteiger partial charge in [-0.1, -0.05) is 18.2 Å². The lowest BCUT2D eigenvalue weighted by Gasteiger charge is -2.14. The van der Waals surface area contributed by atoms with E-state index in [9.17, 15) is 19.1 Å². The highest BCUT2D eigenvalue weighted by molar-refractivity contribution is 6.44. The van der Waals surface area contributed by atoms with Crippen molar-refractivity contribution in [3.05, 3.63) is 70.7 Å². The van der Waals surface area contributed by atoms with E-state index >= 15 is 0 Å². The zero-order valence-electron chi connectivity index (χ0n) is 12.6. The molecule has 2 aromatic carbocycles. The second-order valence-electron chi connectivity index (χ2n) is 5.44. The van der Waals surface area contributed by atoms with E-state index in [1.54, 1.807) is 12.1 Å². The number of aliphatic hydroxyl groups excluding tert-OH is 1. The number of aliphatic hydroxyl groups is 1. The fourth-order valence-electron chi connectivity index (χ4n) is 2.50. The Hall–Kier alpha value is -2.95. The van der Waals surface area contributed by atoms with Crippen LogP contribution in [0.3, 0.4) is 0 Å². The van der Waals surface area contributed by atoms with Crippen LogP contribution >= 0.6 is 0 Å². The Balaban J connectivity index is 2.05. The molecule has 5 heteroatoms. The van der Waals surface area contributed by atoms with Crippen molar-refractivity contribution in [2.45, 2.75) is 13.8 Å². The van der Waals surface area contributed by atoms with E-state index in [2.05, 4.69) is 0 Å². The van der Waals surface area contributed by atoms with Crippen molar-refractivity contribution >= 4 is 23.1 Å². The van der Waals surface area contributed by atoms with E-state index in [0.717, 1.165) is 28.2 Å². The minimum atomic E-state index is -0.810. The molecule has 1 aliphatic rings. The highest BCUT2D eigenvalue weighted by Gasteiger charge is 2.40. The van der Waals surface area contributed by atoms with Gasteiger partial charge in [0.05, 0.1) is 11.3 Å². The molecule has 1 aliphatic heterocycles. The summed E-state index contributed by atoms with van der Waals surface area (Å²) in [6, 6.07) is 10.2. The number of hydrogen-bond acceptors (Lipinski definition) is 3. The largest absolute Gasteiger partial charge is 0.502 e. The molecular formula is C18H14FNO3. The van der Waals surface area contributed by atoms with E-state index in [0.29, 0.717) is 5.56 Å². The summed E-state index contributed by atoms with van der Waals surface area (Å²) in [6.45, 7) is 3.81. The third-order valence-electron chi connectivity index (χ3n) is 3.94. The highest BCUT2D eigenvalue weighted by atomic mass is 19.1. The number of hydrogen-bond donors (Lipinski definition) is 1. The molecule has 23 heavy (non-hydrogen) atoms. The molecule has 1 heterocycles. The van der Waals surface area contributed by atoms with Crippen LogP contribution in [0.15, 0.2) is 48.2 Å². The van der Waals surface area contributed by atoms with Crippen LogP contribution in [-0.4, -0.2) is 16.9 Å². The van der Waals surface area contributed by atoms with Crippen molar-refractivity contribution in [3.63, 3.8) is 0 Å². The average Bonchev–Trinajstić information content (AvgIpc) is 2.74. The minimum absolute atomic E-state index is 0.0394. The lowest BCUT2D eigenvalue weighted by atomic mass is 10.00. The number of aryl methyl sites for hydroxylation is 2. The first-order valence-electron chi connectivity index (χ1n) is 7.05. The average molecular weight is 311 g/mol. The van der Waals surface area contributed by atoms with Gasteiger partial charge in [-0.3, -0.25) is 9.59 Å². The molecule has 0 spiro atoms. The van der Waals surface area contributed by atoms with E-state index in [4.69, 9.17) is 0 Å². The second-order valence-corrected chi connectivity index (χ2v) is 5.44. The maximum Gasteiger partial charge on any atom is 0.301 e. The molecule has 0 aliphatic carbocycles. The van der Waals surface area contributed by atoms with Crippen molar-refractivity contribution in [1.82, 2.24) is 0 Å². The summed E-state index contributed by atoms with van der Waals surface area (Å²) in [4.78, 5) is 25.7. The number of halogens is 1. The monoisotopic (exact) mass is 311 g/mol. The molecule has 0 saturated carbocycles. The van der Waals surface area contributed by atoms with Crippen LogP contribution in [0.5, 0.6) is 0 Å². The van der Waals surface area contributed by atoms with Gasteiger partial charge < -0.3 is 5.11 Å². The summed E-state index contributed by atoms with van der Waals surface area (Å²) in [5.41, 5.74) is 2.65. The standard InChI is InChI=1S/C18H14FNO3/c1-10-3-4-12(9-11(10)2)15-16(21)18(23)20(17(15)22)14-7-5-13(19)6-8-14/h3-9,21H,1-2H3. The lowest BCUT2D eigenvalue weighted by molar-refractivity contribution is -0.121. The topological polar surface area (TPSA) is 57.6 Å². The van der Waals surface area contributed by atoms with E-state index < -0.39 is 23.4 Å². The zero-order valence-corrected chi connectivity index (χ0v) is 12.6. The van der Waals surface area contributed by atoms with Gasteiger partial charge in [-0.15, -0.1) is 0 Å². The predicted molar refractivity (Wildman–Crippen MR) is 84.4 cm³/mol. The van der Waals surface area contributed by atoms with E-state index in [1.807, 2.05) is 19.9 Å². The summed E-state index contributed by atoms with van der Waals surface area (Å²) >= 11 is 0. The normalized spacial score (nSPS) is 14.8. The van der Waals surface area contributed by atoms with Crippen molar-refractivity contribution in [3.8, 4) is 0 Å². The van der Waals surface area contributed by atoms with Crippen LogP contribution in [0.25, 0.3) is 5.57 Å². The van der Waals surface area contributed by atoms with Crippen LogP contribution in [0.4, 0.5) is 10.1 Å². The van der Waals surface area contributed by atoms with Crippen molar-refractivity contribution in [2.75, 3.05) is 4.90 Å². The molecule has 0 unspecified atom stereocenters. The number of nitrogens with zero attached hydrogens (tertiary/aromatic N) is 1. The van der Waals surface area contributed by atoms with Gasteiger partial charge in [0.25, 0.3) is 5.91 Å². The van der Waals surface area contributed by atoms with Crippen LogP contribution in [-0.2, 0) is 9.59 Å². The quantitative estimate of drug-likeness (QED) is 0.866. The molecule has 0 atom stereocenters. The van der Waals surface area contributed by atoms with Crippen molar-refractivity contribution < 1.29 is 19.1 Å². The van der Waals surface area contributed by atoms with Crippen LogP contribution in [0.1, 0.15) is 16.7 Å². The molecule has 0 aromatic heterocycles. The van der Waals surface area contributed by atoms with Gasteiger partial charge in [0.2, 0.25) is 0 Å². The Labute approximate surface area is 132 Å². The van der Waals surface area contributed by atoms with E-state index in [-0.39, 0.29) is 11.3 Å². The number of carbonyl (C=O) groups is 2. The molecule has 4 nitrogen and oxygen atoms in total. The minimum Gasteiger partial charge on any atom is -0.502 e. The van der Waals surface area contributed by atoms with Gasteiger partial charge >= 0.3 is 5.91 Å². The Kier molecular flexibility index (Phi) is 3.48. The molecule has 2 amide bonds. The summed E-state index contributed by atoms with van der Waals surface area (Å²) in [5.74, 6) is -2.50. The summed E-state index contributed by atoms with van der Waals surface area (Å²) in [7, 11) is 0. The smallest absolute Gasteiger partial charge is 0.301 e. The number of rotatable bonds is 2. The van der Waals surface area contributed by atoms with Gasteiger partial charge in [-0.2, -0.15) is 0 Å². The fourth-order valence-corrected chi connectivity index (χ4v) is 2.50. The number of benzene rings is 2. The second kappa shape index (κ2) is 5.35. The summed E-state index contributed by atoms with van der Waals surface area (Å²) in [6.07, 6.45) is 0. The predicted octanol–water partition coefficient (Wildman–Crippen LogP) is 3.29. The molecule has 0 fully saturated rings. The van der Waals surface area contributed by atoms with Crippen molar-refractivity contribution in [1.29, 1.82) is 0 Å². The molecule has 3 rings (SSSR count). The first-order valence-corrected chi connectivity index (χ1v) is 7.05. The third kappa shape index (κ3) is 2.40. The van der Waals surface area contributed by atoms with Gasteiger partial charge in [0.15, 0.2) is 5.76 Å². The molecule has 2 aromatic rings. The molecular weight excluding hydrogens is 297 g/mol. The maximum absolute atomic E-state index is 13.0. The number of amides is 2. The highest BCUT2D eigenvalue weighted by Crippen LogP contribution is 2.32. The lowest BCUT2D eigenvalue weighted by Crippen LogP contribution is -2.31. The SMILES string of the molecule is Cc1ccc(C2=C(O)C(=O)N(c3ccc(F)cc3)C2=O)cc1C. The number of anilines is 1. The van der Waals surface area contributed by atoms with Crippen LogP contribution in [0.2, 0.25) is 0 Å². The van der Waals surface area contributed by atoms with Crippen LogP contribution in [0, 0.1) is 19.7 Å². The Morgan fingerprint density at radius 3 is 2.17 bits per heavy atom.